The smallest absolute Gasteiger partial charge is 0.328 e. The van der Waals surface area contributed by atoms with E-state index in [-0.39, 0.29) is 17.6 Å². The molecule has 0 bridgehead atoms. The first-order chi connectivity index (χ1) is 14.8. The molecule has 4 nitrogen and oxygen atoms in total. The molecule has 3 atom stereocenters. The summed E-state index contributed by atoms with van der Waals surface area (Å²) in [6, 6.07) is 22.3. The molecule has 3 aromatic rings. The van der Waals surface area contributed by atoms with Gasteiger partial charge in [-0.1, -0.05) is 76.1 Å². The number of phenolic OH excluding ortho intramolecular Hbond substituents is 1. The van der Waals surface area contributed by atoms with Crippen molar-refractivity contribution in [3.05, 3.63) is 99.0 Å². The summed E-state index contributed by atoms with van der Waals surface area (Å²) < 4.78 is 0.963. The maximum atomic E-state index is 12.6. The minimum absolute atomic E-state index is 0.0256. The van der Waals surface area contributed by atoms with Crippen LogP contribution in [0.2, 0.25) is 5.02 Å². The second-order valence-corrected chi connectivity index (χ2v) is 9.38. The molecular weight excluding hydrogens is 478 g/mol. The van der Waals surface area contributed by atoms with Gasteiger partial charge in [-0.2, -0.15) is 0 Å². The van der Waals surface area contributed by atoms with Crippen LogP contribution in [-0.4, -0.2) is 34.2 Å². The first-order valence-corrected chi connectivity index (χ1v) is 11.3. The van der Waals surface area contributed by atoms with Crippen LogP contribution in [0.15, 0.2) is 77.3 Å². The zero-order valence-electron chi connectivity index (χ0n) is 17.0. The molecule has 0 aliphatic carbocycles. The van der Waals surface area contributed by atoms with Crippen LogP contribution >= 0.6 is 27.5 Å². The summed E-state index contributed by atoms with van der Waals surface area (Å²) >= 11 is 9.92. The lowest BCUT2D eigenvalue weighted by Crippen LogP contribution is -2.48. The zero-order chi connectivity index (χ0) is 22.2. The Hall–Kier alpha value is -2.34. The van der Waals surface area contributed by atoms with E-state index in [0.717, 1.165) is 21.2 Å². The Morgan fingerprint density at radius 2 is 1.61 bits per heavy atom. The molecule has 2 N–H and O–H groups in total. The van der Waals surface area contributed by atoms with Crippen molar-refractivity contribution in [1.82, 2.24) is 4.90 Å². The van der Waals surface area contributed by atoms with Gasteiger partial charge < -0.3 is 10.2 Å². The highest BCUT2D eigenvalue weighted by atomic mass is 79.9. The monoisotopic (exact) mass is 499 g/mol. The number of phenols is 1. The number of halogens is 2. The van der Waals surface area contributed by atoms with Crippen molar-refractivity contribution in [3.63, 3.8) is 0 Å². The third-order valence-corrected chi connectivity index (χ3v) is 7.36. The highest BCUT2D eigenvalue weighted by molar-refractivity contribution is 9.10. The Bertz CT molecular complexity index is 1110. The molecule has 1 aliphatic heterocycles. The lowest BCUT2D eigenvalue weighted by Gasteiger charge is -2.35. The second kappa shape index (κ2) is 8.65. The zero-order valence-corrected chi connectivity index (χ0v) is 19.3. The number of benzene rings is 3. The molecular formula is C25H23BrClNO3. The van der Waals surface area contributed by atoms with E-state index in [9.17, 15) is 15.0 Å². The molecule has 160 valence electrons. The summed E-state index contributed by atoms with van der Waals surface area (Å²) in [6.45, 7) is 2.75. The van der Waals surface area contributed by atoms with Crippen molar-refractivity contribution >= 4 is 33.5 Å². The number of hydrogen-bond acceptors (Lipinski definition) is 3. The van der Waals surface area contributed by atoms with Crippen LogP contribution in [0.5, 0.6) is 5.75 Å². The second-order valence-electron chi connectivity index (χ2n) is 8.09. The van der Waals surface area contributed by atoms with Gasteiger partial charge in [-0.25, -0.2) is 4.79 Å². The highest BCUT2D eigenvalue weighted by Crippen LogP contribution is 2.48. The fourth-order valence-electron chi connectivity index (χ4n) is 4.60. The molecule has 1 heterocycles. The van der Waals surface area contributed by atoms with Gasteiger partial charge in [-0.05, 0) is 42.3 Å². The molecule has 6 heteroatoms. The summed E-state index contributed by atoms with van der Waals surface area (Å²) in [5, 5.41) is 21.5. The van der Waals surface area contributed by atoms with E-state index in [0.29, 0.717) is 18.1 Å². The van der Waals surface area contributed by atoms with Crippen molar-refractivity contribution in [2.75, 3.05) is 13.1 Å². The predicted octanol–water partition coefficient (Wildman–Crippen LogP) is 5.99. The fraction of sp³-hybridized carbons (Fsp3) is 0.240. The van der Waals surface area contributed by atoms with Crippen LogP contribution < -0.4 is 0 Å². The van der Waals surface area contributed by atoms with Crippen molar-refractivity contribution in [2.24, 2.45) is 0 Å². The van der Waals surface area contributed by atoms with Crippen molar-refractivity contribution in [1.29, 1.82) is 0 Å². The maximum absolute atomic E-state index is 12.6. The largest absolute Gasteiger partial charge is 0.508 e. The van der Waals surface area contributed by atoms with Crippen molar-refractivity contribution < 1.29 is 15.0 Å². The van der Waals surface area contributed by atoms with E-state index >= 15 is 0 Å². The van der Waals surface area contributed by atoms with Gasteiger partial charge in [0.05, 0.1) is 0 Å². The van der Waals surface area contributed by atoms with Gasteiger partial charge in [0, 0.05) is 40.0 Å². The van der Waals surface area contributed by atoms with Crippen LogP contribution in [0.25, 0.3) is 0 Å². The summed E-state index contributed by atoms with van der Waals surface area (Å²) in [7, 11) is 0. The molecule has 0 amide bonds. The molecule has 0 saturated carbocycles. The fourth-order valence-corrected chi connectivity index (χ4v) is 5.36. The van der Waals surface area contributed by atoms with Crippen LogP contribution in [0, 0.1) is 0 Å². The topological polar surface area (TPSA) is 60.8 Å². The van der Waals surface area contributed by atoms with E-state index in [1.165, 1.54) is 0 Å². The van der Waals surface area contributed by atoms with Crippen molar-refractivity contribution in [2.45, 2.75) is 24.3 Å². The lowest BCUT2D eigenvalue weighted by atomic mass is 9.84. The number of carbonyl (C=O) groups is 1. The van der Waals surface area contributed by atoms with Crippen LogP contribution in [-0.2, 0) is 10.3 Å². The molecule has 1 saturated heterocycles. The van der Waals surface area contributed by atoms with Crippen molar-refractivity contribution in [3.8, 4) is 5.75 Å². The summed E-state index contributed by atoms with van der Waals surface area (Å²) in [6.07, 6.45) is 0. The van der Waals surface area contributed by atoms with Gasteiger partial charge in [0.1, 0.15) is 11.3 Å². The number of likely N-dealkylation sites (tertiary alicyclic amines) is 1. The number of hydrogen-bond donors (Lipinski definition) is 2. The maximum Gasteiger partial charge on any atom is 0.328 e. The van der Waals surface area contributed by atoms with E-state index in [4.69, 9.17) is 11.6 Å². The van der Waals surface area contributed by atoms with Gasteiger partial charge in [0.25, 0.3) is 0 Å². The van der Waals surface area contributed by atoms with Gasteiger partial charge in [0.15, 0.2) is 0 Å². The Kier molecular flexibility index (Phi) is 6.11. The average Bonchev–Trinajstić information content (AvgIpc) is 3.21. The Morgan fingerprint density at radius 1 is 1.00 bits per heavy atom. The molecule has 0 spiro atoms. The van der Waals surface area contributed by atoms with Gasteiger partial charge in [-0.3, -0.25) is 4.90 Å². The Morgan fingerprint density at radius 3 is 2.26 bits per heavy atom. The van der Waals surface area contributed by atoms with E-state index in [1.54, 1.807) is 25.1 Å². The third-order valence-electron chi connectivity index (χ3n) is 6.40. The standard InChI is InChI=1S/C25H23BrClNO3/c1-25(24(30)31,16-7-3-2-4-8-16)28-14-20(18-9-5-6-10-22(18)26)21(15-28)19-13-17(27)11-12-23(19)29/h2-13,20-21,29H,14-15H2,1H3,(H,30,31). The SMILES string of the molecule is CC(C(=O)O)(c1ccccc1)N1CC(c2cc(Cl)ccc2O)C(c2ccccc2Br)C1. The van der Waals surface area contributed by atoms with Gasteiger partial charge >= 0.3 is 5.97 Å². The number of nitrogens with zero attached hydrogens (tertiary/aromatic N) is 1. The molecule has 0 radical (unpaired) electrons. The van der Waals surface area contributed by atoms with E-state index < -0.39 is 11.5 Å². The molecule has 4 rings (SSSR count). The Labute approximate surface area is 195 Å². The molecule has 0 aromatic heterocycles. The number of aliphatic carboxylic acids is 1. The minimum atomic E-state index is -1.20. The highest BCUT2D eigenvalue weighted by Gasteiger charge is 2.48. The van der Waals surface area contributed by atoms with Crippen LogP contribution in [0.1, 0.15) is 35.4 Å². The molecule has 1 fully saturated rings. The minimum Gasteiger partial charge on any atom is -0.508 e. The summed E-state index contributed by atoms with van der Waals surface area (Å²) in [5.41, 5.74) is 1.33. The first-order valence-electron chi connectivity index (χ1n) is 10.1. The van der Waals surface area contributed by atoms with Crippen LogP contribution in [0.3, 0.4) is 0 Å². The van der Waals surface area contributed by atoms with E-state index in [2.05, 4.69) is 15.9 Å². The summed E-state index contributed by atoms with van der Waals surface area (Å²) in [5.74, 6) is -0.882. The first kappa shape index (κ1) is 21.9. The molecule has 1 aliphatic rings. The number of rotatable bonds is 5. The molecule has 3 unspecified atom stereocenters. The Balaban J connectivity index is 1.83. The van der Waals surface area contributed by atoms with Gasteiger partial charge in [0.2, 0.25) is 0 Å². The molecule has 31 heavy (non-hydrogen) atoms. The van der Waals surface area contributed by atoms with E-state index in [1.807, 2.05) is 59.5 Å². The average molecular weight is 501 g/mol. The molecule has 3 aromatic carbocycles. The summed E-state index contributed by atoms with van der Waals surface area (Å²) in [4.78, 5) is 14.6. The predicted molar refractivity (Wildman–Crippen MR) is 126 cm³/mol. The third kappa shape index (κ3) is 3.98. The number of carboxylic acid groups (broad SMARTS) is 1. The van der Waals surface area contributed by atoms with Crippen LogP contribution in [0.4, 0.5) is 0 Å². The number of carboxylic acids is 1. The lowest BCUT2D eigenvalue weighted by molar-refractivity contribution is -0.150. The number of aromatic hydroxyl groups is 1. The quantitative estimate of drug-likeness (QED) is 0.452. The normalized spacial score (nSPS) is 21.0. The van der Waals surface area contributed by atoms with Gasteiger partial charge in [-0.15, -0.1) is 0 Å².